The van der Waals surface area contributed by atoms with Crippen molar-refractivity contribution in [3.05, 3.63) is 63.1 Å². The molecular weight excluding hydrogens is 509 g/mol. The number of carbonyl (C=O) groups is 2. The van der Waals surface area contributed by atoms with Crippen molar-refractivity contribution in [1.82, 2.24) is 10.2 Å². The van der Waals surface area contributed by atoms with Crippen LogP contribution in [0.25, 0.3) is 0 Å². The van der Waals surface area contributed by atoms with Gasteiger partial charge in [-0.1, -0.05) is 60.8 Å². The van der Waals surface area contributed by atoms with Crippen molar-refractivity contribution in [2.75, 3.05) is 23.7 Å². The van der Waals surface area contributed by atoms with E-state index >= 15 is 0 Å². The Labute approximate surface area is 218 Å². The molecule has 0 aliphatic rings. The lowest BCUT2D eigenvalue weighted by molar-refractivity contribution is -0.140. The van der Waals surface area contributed by atoms with Gasteiger partial charge in [-0.05, 0) is 56.0 Å². The number of aryl methyl sites for hydroxylation is 2. The molecule has 2 amide bonds. The average molecular weight is 543 g/mol. The second-order valence-corrected chi connectivity index (χ2v) is 11.3. The van der Waals surface area contributed by atoms with Gasteiger partial charge >= 0.3 is 0 Å². The predicted octanol–water partition coefficient (Wildman–Crippen LogP) is 4.71. The first-order valence-electron chi connectivity index (χ1n) is 11.4. The van der Waals surface area contributed by atoms with Crippen LogP contribution in [0, 0.1) is 13.8 Å². The van der Waals surface area contributed by atoms with E-state index in [1.165, 1.54) is 4.90 Å². The first-order chi connectivity index (χ1) is 16.4. The Balaban J connectivity index is 2.48. The lowest BCUT2D eigenvalue weighted by Gasteiger charge is -2.33. The number of anilines is 1. The van der Waals surface area contributed by atoms with E-state index in [4.69, 9.17) is 23.2 Å². The fourth-order valence-electron chi connectivity index (χ4n) is 3.80. The SMILES string of the molecule is CCCNC(=O)[C@H](CC)N(Cc1ccc(Cl)c(Cl)c1)C(=O)CN(c1ccc(C)cc1C)S(C)(=O)=O. The molecule has 2 aromatic carbocycles. The zero-order chi connectivity index (χ0) is 26.3. The molecule has 0 saturated carbocycles. The van der Waals surface area contributed by atoms with E-state index in [0.29, 0.717) is 34.3 Å². The largest absolute Gasteiger partial charge is 0.354 e. The van der Waals surface area contributed by atoms with Crippen LogP contribution in [0.15, 0.2) is 36.4 Å². The summed E-state index contributed by atoms with van der Waals surface area (Å²) in [5, 5.41) is 3.54. The summed E-state index contributed by atoms with van der Waals surface area (Å²) in [6.07, 6.45) is 2.16. The maximum absolute atomic E-state index is 13.7. The number of amides is 2. The summed E-state index contributed by atoms with van der Waals surface area (Å²) in [4.78, 5) is 28.0. The Kier molecular flexibility index (Phi) is 10.4. The number of rotatable bonds is 11. The van der Waals surface area contributed by atoms with E-state index in [0.717, 1.165) is 28.1 Å². The lowest BCUT2D eigenvalue weighted by Crippen LogP contribution is -2.52. The van der Waals surface area contributed by atoms with Crippen LogP contribution >= 0.6 is 23.2 Å². The van der Waals surface area contributed by atoms with Crippen LogP contribution in [0.5, 0.6) is 0 Å². The van der Waals surface area contributed by atoms with E-state index in [1.54, 1.807) is 37.3 Å². The lowest BCUT2D eigenvalue weighted by atomic mass is 10.1. The second-order valence-electron chi connectivity index (χ2n) is 8.54. The Hall–Kier alpha value is -2.29. The number of halogens is 2. The van der Waals surface area contributed by atoms with Crippen molar-refractivity contribution in [2.24, 2.45) is 0 Å². The molecule has 7 nitrogen and oxygen atoms in total. The molecule has 1 N–H and O–H groups in total. The normalized spacial score (nSPS) is 12.2. The number of benzene rings is 2. The molecule has 0 spiro atoms. The van der Waals surface area contributed by atoms with Gasteiger partial charge in [-0.15, -0.1) is 0 Å². The highest BCUT2D eigenvalue weighted by molar-refractivity contribution is 7.92. The molecule has 0 radical (unpaired) electrons. The van der Waals surface area contributed by atoms with Crippen molar-refractivity contribution in [2.45, 2.75) is 53.1 Å². The third-order valence-corrected chi connectivity index (χ3v) is 7.44. The summed E-state index contributed by atoms with van der Waals surface area (Å²) in [6, 6.07) is 9.54. The zero-order valence-electron chi connectivity index (χ0n) is 20.8. The monoisotopic (exact) mass is 541 g/mol. The Morgan fingerprint density at radius 2 is 1.71 bits per heavy atom. The minimum atomic E-state index is -3.79. The van der Waals surface area contributed by atoms with E-state index < -0.39 is 28.5 Å². The van der Waals surface area contributed by atoms with Crippen molar-refractivity contribution in [1.29, 1.82) is 0 Å². The van der Waals surface area contributed by atoms with E-state index in [1.807, 2.05) is 26.8 Å². The smallest absolute Gasteiger partial charge is 0.244 e. The number of hydrogen-bond acceptors (Lipinski definition) is 4. The van der Waals surface area contributed by atoms with Gasteiger partial charge in [0.1, 0.15) is 12.6 Å². The maximum atomic E-state index is 13.7. The van der Waals surface area contributed by atoms with Crippen LogP contribution in [0.2, 0.25) is 10.0 Å². The standard InChI is InChI=1S/C25H33Cl2N3O4S/c1-6-12-28-25(32)22(7-2)29(15-19-9-10-20(26)21(27)14-19)24(31)16-30(35(5,33)34)23-11-8-17(3)13-18(23)4/h8-11,13-14,22H,6-7,12,15-16H2,1-5H3,(H,28,32)/t22-/m0/s1. The Morgan fingerprint density at radius 3 is 2.26 bits per heavy atom. The van der Waals surface area contributed by atoms with Gasteiger partial charge in [0, 0.05) is 13.1 Å². The van der Waals surface area contributed by atoms with Gasteiger partial charge < -0.3 is 10.2 Å². The van der Waals surface area contributed by atoms with E-state index in [2.05, 4.69) is 5.32 Å². The quantitative estimate of drug-likeness (QED) is 0.446. The van der Waals surface area contributed by atoms with Crippen molar-refractivity contribution < 1.29 is 18.0 Å². The highest BCUT2D eigenvalue weighted by atomic mass is 35.5. The first kappa shape index (κ1) is 28.9. The Bertz CT molecular complexity index is 1170. The summed E-state index contributed by atoms with van der Waals surface area (Å²) in [7, 11) is -3.79. The summed E-state index contributed by atoms with van der Waals surface area (Å²) in [5.41, 5.74) is 2.80. The zero-order valence-corrected chi connectivity index (χ0v) is 23.1. The summed E-state index contributed by atoms with van der Waals surface area (Å²) < 4.78 is 26.5. The Morgan fingerprint density at radius 1 is 1.03 bits per heavy atom. The maximum Gasteiger partial charge on any atom is 0.244 e. The van der Waals surface area contributed by atoms with Crippen molar-refractivity contribution >= 4 is 50.7 Å². The predicted molar refractivity (Wildman–Crippen MR) is 142 cm³/mol. The third-order valence-electron chi connectivity index (χ3n) is 5.57. The molecule has 0 heterocycles. The fourth-order valence-corrected chi connectivity index (χ4v) is 5.03. The highest BCUT2D eigenvalue weighted by Crippen LogP contribution is 2.26. The molecule has 2 aromatic rings. The van der Waals surface area contributed by atoms with Gasteiger partial charge in [-0.2, -0.15) is 0 Å². The van der Waals surface area contributed by atoms with Crippen molar-refractivity contribution in [3.63, 3.8) is 0 Å². The number of carbonyl (C=O) groups excluding carboxylic acids is 2. The molecule has 10 heteroatoms. The van der Waals surface area contributed by atoms with Crippen LogP contribution < -0.4 is 9.62 Å². The van der Waals surface area contributed by atoms with Gasteiger partial charge in [0.25, 0.3) is 0 Å². The molecule has 35 heavy (non-hydrogen) atoms. The summed E-state index contributed by atoms with van der Waals surface area (Å²) in [6.45, 7) is 7.55. The summed E-state index contributed by atoms with van der Waals surface area (Å²) >= 11 is 12.2. The van der Waals surface area contributed by atoms with Crippen LogP contribution in [0.4, 0.5) is 5.69 Å². The molecule has 192 valence electrons. The van der Waals surface area contributed by atoms with Crippen LogP contribution in [0.3, 0.4) is 0 Å². The molecular formula is C25H33Cl2N3O4S. The van der Waals surface area contributed by atoms with Crippen LogP contribution in [0.1, 0.15) is 43.4 Å². The molecule has 0 unspecified atom stereocenters. The molecule has 0 saturated heterocycles. The molecule has 0 fully saturated rings. The van der Waals surface area contributed by atoms with Gasteiger partial charge in [-0.3, -0.25) is 13.9 Å². The van der Waals surface area contributed by atoms with Gasteiger partial charge in [-0.25, -0.2) is 8.42 Å². The average Bonchev–Trinajstić information content (AvgIpc) is 2.77. The topological polar surface area (TPSA) is 86.8 Å². The van der Waals surface area contributed by atoms with Crippen LogP contribution in [-0.2, 0) is 26.2 Å². The second kappa shape index (κ2) is 12.6. The molecule has 0 aliphatic heterocycles. The minimum Gasteiger partial charge on any atom is -0.354 e. The molecule has 0 bridgehead atoms. The molecule has 0 aliphatic carbocycles. The van der Waals surface area contributed by atoms with Gasteiger partial charge in [0.15, 0.2) is 0 Å². The molecule has 2 rings (SSSR count). The number of nitrogens with one attached hydrogen (secondary N) is 1. The number of nitrogens with zero attached hydrogens (tertiary/aromatic N) is 2. The van der Waals surface area contributed by atoms with Crippen molar-refractivity contribution in [3.8, 4) is 0 Å². The van der Waals surface area contributed by atoms with E-state index in [-0.39, 0.29) is 12.5 Å². The first-order valence-corrected chi connectivity index (χ1v) is 14.1. The minimum absolute atomic E-state index is 0.0677. The third kappa shape index (κ3) is 7.85. The number of hydrogen-bond donors (Lipinski definition) is 1. The molecule has 0 aromatic heterocycles. The molecule has 1 atom stereocenters. The summed E-state index contributed by atoms with van der Waals surface area (Å²) in [5.74, 6) is -0.792. The van der Waals surface area contributed by atoms with Gasteiger partial charge in [0.05, 0.1) is 22.0 Å². The highest BCUT2D eigenvalue weighted by Gasteiger charge is 2.32. The van der Waals surface area contributed by atoms with E-state index in [9.17, 15) is 18.0 Å². The van der Waals surface area contributed by atoms with Gasteiger partial charge in [0.2, 0.25) is 21.8 Å². The van der Waals surface area contributed by atoms with Crippen LogP contribution in [-0.4, -0.2) is 50.5 Å². The number of sulfonamides is 1. The fraction of sp³-hybridized carbons (Fsp3) is 0.440.